The molecule has 0 radical (unpaired) electrons. The Labute approximate surface area is 173 Å². The first-order chi connectivity index (χ1) is 14.3. The number of rotatable bonds is 20. The molecule has 0 saturated carbocycles. The van der Waals surface area contributed by atoms with Gasteiger partial charge in [0.05, 0.1) is 82.7 Å². The summed E-state index contributed by atoms with van der Waals surface area (Å²) >= 11 is 0. The monoisotopic (exact) mass is 416 g/mol. The van der Waals surface area contributed by atoms with E-state index >= 15 is 0 Å². The van der Waals surface area contributed by atoms with Crippen molar-refractivity contribution in [2.45, 2.75) is 50.1 Å². The summed E-state index contributed by atoms with van der Waals surface area (Å²) in [5, 5.41) is 0. The lowest BCUT2D eigenvalue weighted by Crippen LogP contribution is -2.42. The van der Waals surface area contributed by atoms with Crippen LogP contribution >= 0.6 is 0 Å². The highest BCUT2D eigenvalue weighted by Crippen LogP contribution is 2.24. The maximum Gasteiger partial charge on any atom is 0.0831 e. The van der Waals surface area contributed by atoms with Gasteiger partial charge in [-0.15, -0.1) is 0 Å². The second kappa shape index (κ2) is 11.3. The molecule has 0 aromatic rings. The fourth-order valence-electron chi connectivity index (χ4n) is 3.20. The largest absolute Gasteiger partial charge is 0.380 e. The van der Waals surface area contributed by atoms with Gasteiger partial charge >= 0.3 is 0 Å². The molecule has 4 heterocycles. The van der Waals surface area contributed by atoms with E-state index in [0.29, 0.717) is 77.3 Å². The number of hydrogen-bond donors (Lipinski definition) is 0. The number of epoxide rings is 4. The van der Waals surface area contributed by atoms with Gasteiger partial charge in [0.25, 0.3) is 0 Å². The van der Waals surface area contributed by atoms with Crippen LogP contribution in [0.3, 0.4) is 0 Å². The fourth-order valence-corrected chi connectivity index (χ4v) is 3.20. The Kier molecular flexibility index (Phi) is 8.56. The van der Waals surface area contributed by atoms with Crippen LogP contribution in [0.5, 0.6) is 0 Å². The Morgan fingerprint density at radius 3 is 0.931 bits per heavy atom. The van der Waals surface area contributed by atoms with Crippen molar-refractivity contribution in [1.82, 2.24) is 0 Å². The van der Waals surface area contributed by atoms with Crippen LogP contribution in [0.1, 0.15) is 25.7 Å². The van der Waals surface area contributed by atoms with Crippen LogP contribution in [0.15, 0.2) is 0 Å². The van der Waals surface area contributed by atoms with E-state index in [2.05, 4.69) is 0 Å². The zero-order valence-corrected chi connectivity index (χ0v) is 17.4. The number of ether oxygens (including phenoxy) is 8. The molecule has 168 valence electrons. The lowest BCUT2D eigenvalue weighted by molar-refractivity contribution is -0.108. The topological polar surface area (TPSA) is 87.0 Å². The molecule has 4 aliphatic rings. The maximum atomic E-state index is 6.03. The van der Waals surface area contributed by atoms with Crippen molar-refractivity contribution < 1.29 is 37.9 Å². The smallest absolute Gasteiger partial charge is 0.0831 e. The lowest BCUT2D eigenvalue weighted by Gasteiger charge is -2.33. The molecule has 0 aliphatic carbocycles. The average molecular weight is 417 g/mol. The first kappa shape index (κ1) is 21.9. The zero-order chi connectivity index (χ0) is 19.8. The molecule has 4 fully saturated rings. The number of hydrogen-bond acceptors (Lipinski definition) is 8. The molecule has 4 saturated heterocycles. The zero-order valence-electron chi connectivity index (χ0n) is 17.4. The summed E-state index contributed by atoms with van der Waals surface area (Å²) in [6, 6.07) is 0. The third kappa shape index (κ3) is 9.57. The Bertz CT molecular complexity index is 374. The van der Waals surface area contributed by atoms with Crippen LogP contribution < -0.4 is 0 Å². The van der Waals surface area contributed by atoms with Crippen molar-refractivity contribution in [1.29, 1.82) is 0 Å². The van der Waals surface area contributed by atoms with Crippen molar-refractivity contribution >= 4 is 0 Å². The second-order valence-electron chi connectivity index (χ2n) is 8.69. The highest BCUT2D eigenvalue weighted by Gasteiger charge is 2.34. The van der Waals surface area contributed by atoms with Gasteiger partial charge in [0.1, 0.15) is 0 Å². The molecule has 8 heteroatoms. The van der Waals surface area contributed by atoms with Gasteiger partial charge in [-0.1, -0.05) is 0 Å². The Balaban J connectivity index is 1.22. The van der Waals surface area contributed by atoms with Crippen LogP contribution in [-0.4, -0.2) is 104 Å². The summed E-state index contributed by atoms with van der Waals surface area (Å²) in [4.78, 5) is 0. The van der Waals surface area contributed by atoms with E-state index < -0.39 is 0 Å². The average Bonchev–Trinajstić information content (AvgIpc) is 3.57. The Morgan fingerprint density at radius 2 is 0.724 bits per heavy atom. The highest BCUT2D eigenvalue weighted by molar-refractivity contribution is 4.81. The van der Waals surface area contributed by atoms with Gasteiger partial charge in [-0.2, -0.15) is 0 Å². The van der Waals surface area contributed by atoms with Gasteiger partial charge < -0.3 is 37.9 Å². The van der Waals surface area contributed by atoms with E-state index in [-0.39, 0.29) is 5.41 Å². The summed E-state index contributed by atoms with van der Waals surface area (Å²) in [6.07, 6.45) is 5.27. The fraction of sp³-hybridized carbons (Fsp3) is 1.00. The molecule has 4 aliphatic heterocycles. The third-order valence-electron chi connectivity index (χ3n) is 5.58. The van der Waals surface area contributed by atoms with E-state index in [1.165, 1.54) is 0 Å². The molecular weight excluding hydrogens is 380 g/mol. The Morgan fingerprint density at radius 1 is 0.483 bits per heavy atom. The SMILES string of the molecule is C(CC1CO1)OCC(COCCC1CO1)(COCCC1CO1)COCCC1CO1. The van der Waals surface area contributed by atoms with Crippen molar-refractivity contribution in [3.05, 3.63) is 0 Å². The van der Waals surface area contributed by atoms with Crippen LogP contribution in [-0.2, 0) is 37.9 Å². The Hall–Kier alpha value is -0.320. The minimum absolute atomic E-state index is 0.316. The van der Waals surface area contributed by atoms with Crippen molar-refractivity contribution in [2.75, 3.05) is 79.3 Å². The summed E-state index contributed by atoms with van der Waals surface area (Å²) in [5.41, 5.74) is -0.316. The summed E-state index contributed by atoms with van der Waals surface area (Å²) in [5.74, 6) is 0. The van der Waals surface area contributed by atoms with Gasteiger partial charge in [0.15, 0.2) is 0 Å². The van der Waals surface area contributed by atoms with E-state index in [9.17, 15) is 0 Å². The molecule has 0 spiro atoms. The summed E-state index contributed by atoms with van der Waals surface area (Å²) < 4.78 is 45.2. The third-order valence-corrected chi connectivity index (χ3v) is 5.58. The van der Waals surface area contributed by atoms with Gasteiger partial charge in [0.2, 0.25) is 0 Å². The van der Waals surface area contributed by atoms with E-state index in [0.717, 1.165) is 52.1 Å². The van der Waals surface area contributed by atoms with Crippen LogP contribution in [0, 0.1) is 5.41 Å². The molecule has 29 heavy (non-hydrogen) atoms. The van der Waals surface area contributed by atoms with E-state index in [4.69, 9.17) is 37.9 Å². The molecule has 0 aromatic carbocycles. The minimum atomic E-state index is -0.316. The van der Waals surface area contributed by atoms with Crippen molar-refractivity contribution in [3.63, 3.8) is 0 Å². The molecular formula is C21H36O8. The van der Waals surface area contributed by atoms with Gasteiger partial charge in [0, 0.05) is 26.4 Å². The predicted molar refractivity (Wildman–Crippen MR) is 103 cm³/mol. The lowest BCUT2D eigenvalue weighted by atomic mass is 9.92. The molecule has 8 nitrogen and oxygen atoms in total. The van der Waals surface area contributed by atoms with Crippen LogP contribution in [0.2, 0.25) is 0 Å². The molecule has 4 rings (SSSR count). The van der Waals surface area contributed by atoms with Crippen molar-refractivity contribution in [3.8, 4) is 0 Å². The molecule has 0 N–H and O–H groups in total. The second-order valence-corrected chi connectivity index (χ2v) is 8.69. The quantitative estimate of drug-likeness (QED) is 0.216. The maximum absolute atomic E-state index is 6.03. The predicted octanol–water partition coefficient (Wildman–Crippen LogP) is 1.19. The first-order valence-electron chi connectivity index (χ1n) is 11.1. The normalized spacial score (nSPS) is 31.4. The minimum Gasteiger partial charge on any atom is -0.380 e. The van der Waals surface area contributed by atoms with E-state index in [1.54, 1.807) is 0 Å². The summed E-state index contributed by atoms with van der Waals surface area (Å²) in [7, 11) is 0. The van der Waals surface area contributed by atoms with Gasteiger partial charge in [-0.05, 0) is 25.7 Å². The van der Waals surface area contributed by atoms with E-state index in [1.807, 2.05) is 0 Å². The van der Waals surface area contributed by atoms with Crippen LogP contribution in [0.4, 0.5) is 0 Å². The molecule has 0 bridgehead atoms. The highest BCUT2D eigenvalue weighted by atomic mass is 16.6. The molecule has 0 amide bonds. The molecule has 0 aromatic heterocycles. The van der Waals surface area contributed by atoms with Gasteiger partial charge in [-0.25, -0.2) is 0 Å². The van der Waals surface area contributed by atoms with Crippen molar-refractivity contribution in [2.24, 2.45) is 5.41 Å². The summed E-state index contributed by atoms with van der Waals surface area (Å²) in [6.45, 7) is 8.42. The molecule has 4 unspecified atom stereocenters. The molecule has 4 atom stereocenters. The van der Waals surface area contributed by atoms with Gasteiger partial charge in [-0.3, -0.25) is 0 Å². The van der Waals surface area contributed by atoms with Crippen LogP contribution in [0.25, 0.3) is 0 Å². The standard InChI is InChI=1S/C21H36O8/c1(17-9-26-17)5-22-13-21(14-23-6-2-18-10-27-18,15-24-7-3-19-11-28-19)16-25-8-4-20-12-29-20/h17-20H,1-16H2. The first-order valence-corrected chi connectivity index (χ1v) is 11.1.